The molecule has 0 aromatic carbocycles. The lowest BCUT2D eigenvalue weighted by Gasteiger charge is -2.07. The van der Waals surface area contributed by atoms with Gasteiger partial charge >= 0.3 is 0 Å². The molecule has 0 radical (unpaired) electrons. The molecule has 2 aromatic heterocycles. The minimum absolute atomic E-state index is 0.527. The number of rotatable bonds is 2. The first-order chi connectivity index (χ1) is 6.81. The van der Waals surface area contributed by atoms with Crippen LogP contribution in [0.3, 0.4) is 0 Å². The van der Waals surface area contributed by atoms with E-state index in [9.17, 15) is 0 Å². The highest BCUT2D eigenvalue weighted by Crippen LogP contribution is 2.19. The fourth-order valence-corrected chi connectivity index (χ4v) is 1.47. The van der Waals surface area contributed by atoms with E-state index in [1.54, 1.807) is 6.20 Å². The lowest BCUT2D eigenvalue weighted by atomic mass is 10.0. The molecular weight excluding hydrogens is 172 g/mol. The van der Waals surface area contributed by atoms with E-state index in [0.717, 1.165) is 17.6 Å². The predicted octanol–water partition coefficient (Wildman–Crippen LogP) is 3.14. The second-order valence-corrected chi connectivity index (χ2v) is 3.61. The van der Waals surface area contributed by atoms with Crippen molar-refractivity contribution >= 4 is 10.9 Å². The van der Waals surface area contributed by atoms with Crippen molar-refractivity contribution in [3.8, 4) is 0 Å². The van der Waals surface area contributed by atoms with Crippen molar-refractivity contribution in [2.24, 2.45) is 0 Å². The van der Waals surface area contributed by atoms with Gasteiger partial charge in [-0.1, -0.05) is 19.9 Å². The monoisotopic (exact) mass is 186 g/mol. The van der Waals surface area contributed by atoms with Crippen LogP contribution in [0.15, 0.2) is 30.6 Å². The van der Waals surface area contributed by atoms with Crippen LogP contribution < -0.4 is 0 Å². The molecule has 1 unspecified atom stereocenters. The van der Waals surface area contributed by atoms with Gasteiger partial charge < -0.3 is 0 Å². The van der Waals surface area contributed by atoms with Crippen LogP contribution in [0.1, 0.15) is 31.9 Å². The fraction of sp³-hybridized carbons (Fsp3) is 0.333. The summed E-state index contributed by atoms with van der Waals surface area (Å²) in [6, 6.07) is 6.18. The topological polar surface area (TPSA) is 25.8 Å². The Morgan fingerprint density at radius 3 is 3.00 bits per heavy atom. The molecule has 0 saturated carbocycles. The van der Waals surface area contributed by atoms with Crippen molar-refractivity contribution in [2.45, 2.75) is 26.2 Å². The van der Waals surface area contributed by atoms with Crippen LogP contribution in [0, 0.1) is 0 Å². The van der Waals surface area contributed by atoms with Crippen LogP contribution in [-0.2, 0) is 0 Å². The third kappa shape index (κ3) is 1.60. The first-order valence-electron chi connectivity index (χ1n) is 5.02. The van der Waals surface area contributed by atoms with Gasteiger partial charge in [0.15, 0.2) is 0 Å². The average Bonchev–Trinajstić information content (AvgIpc) is 2.27. The van der Waals surface area contributed by atoms with Crippen molar-refractivity contribution in [3.63, 3.8) is 0 Å². The molecule has 0 saturated heterocycles. The summed E-state index contributed by atoms with van der Waals surface area (Å²) < 4.78 is 0. The summed E-state index contributed by atoms with van der Waals surface area (Å²) in [5, 5.41) is 1.18. The Kier molecular flexibility index (Phi) is 2.44. The largest absolute Gasteiger partial charge is 0.259 e. The van der Waals surface area contributed by atoms with Crippen molar-refractivity contribution < 1.29 is 0 Å². The maximum absolute atomic E-state index is 4.42. The number of hydrogen-bond donors (Lipinski definition) is 0. The van der Waals surface area contributed by atoms with E-state index in [-0.39, 0.29) is 0 Å². The highest BCUT2D eigenvalue weighted by atomic mass is 14.7. The van der Waals surface area contributed by atoms with Gasteiger partial charge in [-0.2, -0.15) is 0 Å². The Hall–Kier alpha value is -1.44. The third-order valence-corrected chi connectivity index (χ3v) is 2.63. The van der Waals surface area contributed by atoms with Gasteiger partial charge in [-0.25, -0.2) is 0 Å². The first-order valence-corrected chi connectivity index (χ1v) is 5.02. The fourth-order valence-electron chi connectivity index (χ4n) is 1.47. The smallest absolute Gasteiger partial charge is 0.0885 e. The second kappa shape index (κ2) is 3.74. The lowest BCUT2D eigenvalue weighted by Crippen LogP contribution is -1.95. The predicted molar refractivity (Wildman–Crippen MR) is 58.2 cm³/mol. The number of pyridine rings is 2. The molecule has 0 spiro atoms. The van der Waals surface area contributed by atoms with Gasteiger partial charge in [0, 0.05) is 17.3 Å². The third-order valence-electron chi connectivity index (χ3n) is 2.63. The molecule has 2 aromatic rings. The molecule has 0 N–H and O–H groups in total. The summed E-state index contributed by atoms with van der Waals surface area (Å²) in [7, 11) is 0. The maximum Gasteiger partial charge on any atom is 0.0885 e. The Morgan fingerprint density at radius 1 is 1.36 bits per heavy atom. The van der Waals surface area contributed by atoms with Crippen LogP contribution in [0.4, 0.5) is 0 Å². The van der Waals surface area contributed by atoms with E-state index in [1.807, 2.05) is 12.3 Å². The molecule has 0 aliphatic carbocycles. The molecule has 0 aliphatic rings. The van der Waals surface area contributed by atoms with Crippen molar-refractivity contribution in [1.82, 2.24) is 9.97 Å². The minimum atomic E-state index is 0.527. The zero-order valence-electron chi connectivity index (χ0n) is 8.57. The summed E-state index contributed by atoms with van der Waals surface area (Å²) in [5.74, 6) is 0.527. The molecule has 72 valence electrons. The standard InChI is InChI=1S/C12H14N2/c1-3-9(2)11-7-10-5-4-6-13-12(10)8-14-11/h4-9H,3H2,1-2H3. The Labute approximate surface area is 84.0 Å². The Morgan fingerprint density at radius 2 is 2.21 bits per heavy atom. The molecule has 0 fully saturated rings. The number of nitrogens with zero attached hydrogens (tertiary/aromatic N) is 2. The molecule has 1 atom stereocenters. The summed E-state index contributed by atoms with van der Waals surface area (Å²) in [4.78, 5) is 8.66. The number of aromatic nitrogens is 2. The quantitative estimate of drug-likeness (QED) is 0.720. The SMILES string of the molecule is CCC(C)c1cc2cccnc2cn1. The van der Waals surface area contributed by atoms with Gasteiger partial charge in [0.1, 0.15) is 0 Å². The van der Waals surface area contributed by atoms with Gasteiger partial charge in [-0.05, 0) is 24.5 Å². The highest BCUT2D eigenvalue weighted by molar-refractivity contribution is 5.77. The summed E-state index contributed by atoms with van der Waals surface area (Å²) >= 11 is 0. The molecule has 2 nitrogen and oxygen atoms in total. The number of fused-ring (bicyclic) bond motifs is 1. The molecule has 2 heteroatoms. The Bertz CT molecular complexity index is 437. The summed E-state index contributed by atoms with van der Waals surface area (Å²) in [6.07, 6.45) is 4.78. The number of hydrogen-bond acceptors (Lipinski definition) is 2. The minimum Gasteiger partial charge on any atom is -0.259 e. The summed E-state index contributed by atoms with van der Waals surface area (Å²) in [5.41, 5.74) is 2.13. The van der Waals surface area contributed by atoms with Crippen molar-refractivity contribution in [2.75, 3.05) is 0 Å². The maximum atomic E-state index is 4.42. The van der Waals surface area contributed by atoms with E-state index >= 15 is 0 Å². The van der Waals surface area contributed by atoms with Gasteiger partial charge in [0.2, 0.25) is 0 Å². The lowest BCUT2D eigenvalue weighted by molar-refractivity contribution is 0.710. The molecule has 0 amide bonds. The van der Waals surface area contributed by atoms with Gasteiger partial charge in [0.25, 0.3) is 0 Å². The van der Waals surface area contributed by atoms with Crippen molar-refractivity contribution in [1.29, 1.82) is 0 Å². The zero-order valence-corrected chi connectivity index (χ0v) is 8.57. The van der Waals surface area contributed by atoms with Gasteiger partial charge in [-0.15, -0.1) is 0 Å². The van der Waals surface area contributed by atoms with Crippen LogP contribution in [0.2, 0.25) is 0 Å². The molecule has 0 bridgehead atoms. The van der Waals surface area contributed by atoms with Crippen LogP contribution in [0.5, 0.6) is 0 Å². The van der Waals surface area contributed by atoms with E-state index in [4.69, 9.17) is 0 Å². The van der Waals surface area contributed by atoms with E-state index in [2.05, 4.69) is 35.9 Å². The van der Waals surface area contributed by atoms with E-state index < -0.39 is 0 Å². The van der Waals surface area contributed by atoms with E-state index in [1.165, 1.54) is 5.39 Å². The highest BCUT2D eigenvalue weighted by Gasteiger charge is 2.04. The van der Waals surface area contributed by atoms with E-state index in [0.29, 0.717) is 5.92 Å². The van der Waals surface area contributed by atoms with Gasteiger partial charge in [0.05, 0.1) is 11.7 Å². The van der Waals surface area contributed by atoms with Crippen LogP contribution in [-0.4, -0.2) is 9.97 Å². The Balaban J connectivity index is 2.51. The normalized spacial score (nSPS) is 13.0. The average molecular weight is 186 g/mol. The first kappa shape index (κ1) is 9.13. The van der Waals surface area contributed by atoms with Crippen LogP contribution >= 0.6 is 0 Å². The summed E-state index contributed by atoms with van der Waals surface area (Å²) in [6.45, 7) is 4.38. The van der Waals surface area contributed by atoms with Gasteiger partial charge in [-0.3, -0.25) is 9.97 Å². The molecular formula is C12H14N2. The second-order valence-electron chi connectivity index (χ2n) is 3.61. The molecule has 2 heterocycles. The molecule has 14 heavy (non-hydrogen) atoms. The molecule has 2 rings (SSSR count). The zero-order chi connectivity index (χ0) is 9.97. The van der Waals surface area contributed by atoms with Crippen molar-refractivity contribution in [3.05, 3.63) is 36.3 Å². The molecule has 0 aliphatic heterocycles. The van der Waals surface area contributed by atoms with Crippen LogP contribution in [0.25, 0.3) is 10.9 Å².